The van der Waals surface area contributed by atoms with Gasteiger partial charge in [0.2, 0.25) is 0 Å². The van der Waals surface area contributed by atoms with Gasteiger partial charge in [0.1, 0.15) is 6.61 Å². The fourth-order valence-corrected chi connectivity index (χ4v) is 1.32. The van der Waals surface area contributed by atoms with Crippen molar-refractivity contribution in [3.05, 3.63) is 0 Å². The summed E-state index contributed by atoms with van der Waals surface area (Å²) in [5.41, 5.74) is -2.72. The van der Waals surface area contributed by atoms with Crippen molar-refractivity contribution in [3.8, 4) is 0 Å². The van der Waals surface area contributed by atoms with Gasteiger partial charge in [0.15, 0.2) is 5.60 Å². The number of carbonyl (C=O) groups is 3. The molecule has 0 aliphatic rings. The van der Waals surface area contributed by atoms with Crippen molar-refractivity contribution in [2.75, 3.05) is 13.2 Å². The maximum atomic E-state index is 11.4. The first kappa shape index (κ1) is 19.3. The Hall–Kier alpha value is -1.71. The maximum Gasteiger partial charge on any atom is 0.336 e. The van der Waals surface area contributed by atoms with Gasteiger partial charge in [-0.05, 0) is 13.8 Å². The highest BCUT2D eigenvalue weighted by Crippen LogP contribution is 2.17. The van der Waals surface area contributed by atoms with E-state index in [4.69, 9.17) is 24.8 Å². The van der Waals surface area contributed by atoms with Gasteiger partial charge in [-0.15, -0.1) is 0 Å². The Morgan fingerprint density at radius 1 is 1.10 bits per heavy atom. The minimum absolute atomic E-state index is 0.0385. The molecule has 4 N–H and O–H groups in total. The van der Waals surface area contributed by atoms with Gasteiger partial charge in [-0.1, -0.05) is 0 Å². The zero-order valence-electron chi connectivity index (χ0n) is 11.8. The largest absolute Gasteiger partial charge is 0.481 e. The predicted molar refractivity (Wildman–Crippen MR) is 67.5 cm³/mol. The average molecular weight is 308 g/mol. The van der Waals surface area contributed by atoms with Crippen LogP contribution in [0.4, 0.5) is 0 Å². The van der Waals surface area contributed by atoms with Gasteiger partial charge < -0.3 is 29.9 Å². The first-order valence-corrected chi connectivity index (χ1v) is 6.19. The Kier molecular flexibility index (Phi) is 7.85. The number of esters is 1. The number of ether oxygens (including phenoxy) is 2. The van der Waals surface area contributed by atoms with Gasteiger partial charge in [0.25, 0.3) is 0 Å². The van der Waals surface area contributed by atoms with Crippen LogP contribution < -0.4 is 0 Å². The van der Waals surface area contributed by atoms with Crippen LogP contribution in [-0.2, 0) is 23.9 Å². The molecule has 3 unspecified atom stereocenters. The van der Waals surface area contributed by atoms with Crippen LogP contribution in [0.25, 0.3) is 0 Å². The summed E-state index contributed by atoms with van der Waals surface area (Å²) in [7, 11) is 0. The molecule has 9 nitrogen and oxygen atoms in total. The molecule has 0 aliphatic carbocycles. The lowest BCUT2D eigenvalue weighted by Crippen LogP contribution is -2.43. The normalized spacial score (nSPS) is 16.6. The Bertz CT molecular complexity index is 379. The second kappa shape index (κ2) is 8.55. The monoisotopic (exact) mass is 308 g/mol. The van der Waals surface area contributed by atoms with Gasteiger partial charge in [0, 0.05) is 0 Å². The molecule has 0 fully saturated rings. The Labute approximate surface area is 121 Å². The fourth-order valence-electron chi connectivity index (χ4n) is 1.32. The van der Waals surface area contributed by atoms with E-state index in [9.17, 15) is 19.5 Å². The number of carboxylic acid groups (broad SMARTS) is 2. The third-order valence-corrected chi connectivity index (χ3v) is 2.38. The van der Waals surface area contributed by atoms with Gasteiger partial charge >= 0.3 is 17.9 Å². The molecular formula is C12H20O9. The van der Waals surface area contributed by atoms with Crippen molar-refractivity contribution in [2.45, 2.75) is 44.5 Å². The van der Waals surface area contributed by atoms with Gasteiger partial charge in [-0.3, -0.25) is 9.59 Å². The molecule has 122 valence electrons. The zero-order chi connectivity index (χ0) is 16.6. The Balaban J connectivity index is 4.33. The summed E-state index contributed by atoms with van der Waals surface area (Å²) < 4.78 is 9.80. The summed E-state index contributed by atoms with van der Waals surface area (Å²) in [6, 6.07) is 0. The standard InChI is InChI=1S/C12H20O9/c1-7(13)5-20-8(2)6-21-10(16)4-12(19,11(17)18)3-9(14)15/h7-8,13,19H,3-6H2,1-2H3,(H,14,15)(H,17,18). The van der Waals surface area contributed by atoms with Crippen LogP contribution in [0.15, 0.2) is 0 Å². The van der Waals surface area contributed by atoms with E-state index in [-0.39, 0.29) is 13.2 Å². The lowest BCUT2D eigenvalue weighted by molar-refractivity contribution is -0.173. The average Bonchev–Trinajstić information content (AvgIpc) is 2.32. The summed E-state index contributed by atoms with van der Waals surface area (Å²) in [6.45, 7) is 2.90. The van der Waals surface area contributed by atoms with Gasteiger partial charge in [0.05, 0.1) is 31.7 Å². The molecule has 0 bridgehead atoms. The molecule has 0 aromatic rings. The minimum atomic E-state index is -2.72. The smallest absolute Gasteiger partial charge is 0.336 e. The summed E-state index contributed by atoms with van der Waals surface area (Å²) in [4.78, 5) is 32.8. The third-order valence-electron chi connectivity index (χ3n) is 2.38. The van der Waals surface area contributed by atoms with E-state index in [2.05, 4.69) is 0 Å². The van der Waals surface area contributed by atoms with E-state index in [0.29, 0.717) is 0 Å². The van der Waals surface area contributed by atoms with Crippen molar-refractivity contribution in [2.24, 2.45) is 0 Å². The molecule has 3 atom stereocenters. The van der Waals surface area contributed by atoms with E-state index >= 15 is 0 Å². The second-order valence-corrected chi connectivity index (χ2v) is 4.76. The van der Waals surface area contributed by atoms with Gasteiger partial charge in [-0.25, -0.2) is 4.79 Å². The highest BCUT2D eigenvalue weighted by Gasteiger charge is 2.41. The number of carboxylic acids is 2. The number of hydrogen-bond acceptors (Lipinski definition) is 7. The summed E-state index contributed by atoms with van der Waals surface area (Å²) in [6.07, 6.45) is -3.33. The van der Waals surface area contributed by atoms with Gasteiger partial charge in [-0.2, -0.15) is 0 Å². The van der Waals surface area contributed by atoms with Crippen molar-refractivity contribution >= 4 is 17.9 Å². The van der Waals surface area contributed by atoms with E-state index in [1.807, 2.05) is 0 Å². The minimum Gasteiger partial charge on any atom is -0.481 e. The van der Waals surface area contributed by atoms with Crippen LogP contribution in [0, 0.1) is 0 Å². The molecule has 0 heterocycles. The quantitative estimate of drug-likeness (QED) is 0.372. The van der Waals surface area contributed by atoms with Crippen molar-refractivity contribution in [1.82, 2.24) is 0 Å². The number of rotatable bonds is 10. The molecule has 0 amide bonds. The van der Waals surface area contributed by atoms with Crippen LogP contribution in [-0.4, -0.2) is 69.4 Å². The summed E-state index contributed by atoms with van der Waals surface area (Å²) in [5, 5.41) is 35.9. The fraction of sp³-hybridized carbons (Fsp3) is 0.750. The molecule has 0 aliphatic heterocycles. The van der Waals surface area contributed by atoms with E-state index in [0.717, 1.165) is 0 Å². The number of aliphatic carboxylic acids is 2. The van der Waals surface area contributed by atoms with Crippen LogP contribution in [0.3, 0.4) is 0 Å². The van der Waals surface area contributed by atoms with Crippen molar-refractivity contribution in [1.29, 1.82) is 0 Å². The molecule has 0 aromatic heterocycles. The van der Waals surface area contributed by atoms with Crippen molar-refractivity contribution < 1.29 is 44.3 Å². The first-order chi connectivity index (χ1) is 9.56. The molecule has 0 aromatic carbocycles. The first-order valence-electron chi connectivity index (χ1n) is 6.19. The molecule has 0 radical (unpaired) electrons. The lowest BCUT2D eigenvalue weighted by atomic mass is 9.96. The highest BCUT2D eigenvalue weighted by molar-refractivity contribution is 5.88. The number of carbonyl (C=O) groups excluding carboxylic acids is 1. The van der Waals surface area contributed by atoms with Crippen LogP contribution in [0.5, 0.6) is 0 Å². The summed E-state index contributed by atoms with van der Waals surface area (Å²) in [5.74, 6) is -4.43. The third kappa shape index (κ3) is 8.23. The number of aliphatic hydroxyl groups excluding tert-OH is 1. The Morgan fingerprint density at radius 3 is 2.10 bits per heavy atom. The molecular weight excluding hydrogens is 288 g/mol. The molecule has 9 heteroatoms. The zero-order valence-corrected chi connectivity index (χ0v) is 11.8. The highest BCUT2D eigenvalue weighted by atomic mass is 16.6. The molecule has 0 spiro atoms. The summed E-state index contributed by atoms with van der Waals surface area (Å²) >= 11 is 0. The molecule has 0 rings (SSSR count). The topological polar surface area (TPSA) is 151 Å². The predicted octanol–water partition coefficient (Wildman–Crippen LogP) is -1.00. The lowest BCUT2D eigenvalue weighted by Gasteiger charge is -2.21. The molecule has 0 saturated carbocycles. The van der Waals surface area contributed by atoms with Crippen LogP contribution >= 0.6 is 0 Å². The second-order valence-electron chi connectivity index (χ2n) is 4.76. The van der Waals surface area contributed by atoms with E-state index in [1.165, 1.54) is 6.92 Å². The van der Waals surface area contributed by atoms with Crippen molar-refractivity contribution in [3.63, 3.8) is 0 Å². The number of aliphatic hydroxyl groups is 2. The number of hydrogen-bond donors (Lipinski definition) is 4. The van der Waals surface area contributed by atoms with E-state index < -0.39 is 48.6 Å². The SMILES string of the molecule is CC(O)COC(C)COC(=O)CC(O)(CC(=O)O)C(=O)O. The molecule has 0 saturated heterocycles. The van der Waals surface area contributed by atoms with Crippen LogP contribution in [0.2, 0.25) is 0 Å². The maximum absolute atomic E-state index is 11.4. The molecule has 21 heavy (non-hydrogen) atoms. The van der Waals surface area contributed by atoms with E-state index in [1.54, 1.807) is 6.92 Å². The Morgan fingerprint density at radius 2 is 1.67 bits per heavy atom. The van der Waals surface area contributed by atoms with Crippen LogP contribution in [0.1, 0.15) is 26.7 Å².